The van der Waals surface area contributed by atoms with Crippen molar-refractivity contribution in [1.82, 2.24) is 0 Å². The highest BCUT2D eigenvalue weighted by Gasteiger charge is 2.25. The lowest BCUT2D eigenvalue weighted by atomic mass is 10.1. The van der Waals surface area contributed by atoms with Crippen molar-refractivity contribution in [2.24, 2.45) is 0 Å². The van der Waals surface area contributed by atoms with E-state index < -0.39 is 16.6 Å². The zero-order valence-corrected chi connectivity index (χ0v) is 15.6. The van der Waals surface area contributed by atoms with Gasteiger partial charge < -0.3 is 14.2 Å². The average molecular weight is 395 g/mol. The van der Waals surface area contributed by atoms with Gasteiger partial charge in [-0.2, -0.15) is 0 Å². The SMILES string of the molecule is CCOc1cc([N+](=O)[O-])c(C(=O)OCCSc2ccccc2F)cc1OC. The smallest absolute Gasteiger partial charge is 0.345 e. The van der Waals surface area contributed by atoms with Gasteiger partial charge in [-0.1, -0.05) is 12.1 Å². The van der Waals surface area contributed by atoms with Crippen LogP contribution in [0.2, 0.25) is 0 Å². The number of hydrogen-bond acceptors (Lipinski definition) is 7. The zero-order chi connectivity index (χ0) is 19.8. The van der Waals surface area contributed by atoms with Crippen LogP contribution in [-0.4, -0.2) is 37.0 Å². The predicted molar refractivity (Wildman–Crippen MR) is 98.2 cm³/mol. The van der Waals surface area contributed by atoms with Gasteiger partial charge in [-0.05, 0) is 19.1 Å². The van der Waals surface area contributed by atoms with Gasteiger partial charge in [0.1, 0.15) is 18.0 Å². The summed E-state index contributed by atoms with van der Waals surface area (Å²) in [5, 5.41) is 11.3. The van der Waals surface area contributed by atoms with Crippen LogP contribution < -0.4 is 9.47 Å². The van der Waals surface area contributed by atoms with Crippen LogP contribution in [0.5, 0.6) is 11.5 Å². The predicted octanol–water partition coefficient (Wildman–Crippen LogP) is 4.09. The molecule has 0 N–H and O–H groups in total. The second kappa shape index (κ2) is 9.77. The summed E-state index contributed by atoms with van der Waals surface area (Å²) >= 11 is 1.18. The first-order chi connectivity index (χ1) is 13.0. The highest BCUT2D eigenvalue weighted by molar-refractivity contribution is 7.99. The molecule has 0 aliphatic carbocycles. The zero-order valence-electron chi connectivity index (χ0n) is 14.8. The van der Waals surface area contributed by atoms with Crippen molar-refractivity contribution in [1.29, 1.82) is 0 Å². The van der Waals surface area contributed by atoms with Gasteiger partial charge in [-0.3, -0.25) is 10.1 Å². The van der Waals surface area contributed by atoms with Crippen LogP contribution in [0.4, 0.5) is 10.1 Å². The van der Waals surface area contributed by atoms with E-state index in [4.69, 9.17) is 14.2 Å². The van der Waals surface area contributed by atoms with Crippen molar-refractivity contribution in [2.75, 3.05) is 26.1 Å². The van der Waals surface area contributed by atoms with E-state index in [1.165, 1.54) is 31.0 Å². The molecule has 0 heterocycles. The largest absolute Gasteiger partial charge is 0.493 e. The summed E-state index contributed by atoms with van der Waals surface area (Å²) in [5.41, 5.74) is -0.679. The van der Waals surface area contributed by atoms with E-state index in [9.17, 15) is 19.3 Å². The number of thioether (sulfide) groups is 1. The number of nitro groups is 1. The molecule has 0 aliphatic heterocycles. The normalized spacial score (nSPS) is 10.3. The standard InChI is InChI=1S/C18H18FNO6S/c1-3-25-16-11-14(20(22)23)12(10-15(16)24-2)18(21)26-8-9-27-17-7-5-4-6-13(17)19/h4-7,10-11H,3,8-9H2,1-2H3. The average Bonchev–Trinajstić information content (AvgIpc) is 2.66. The third-order valence-corrected chi connectivity index (χ3v) is 4.42. The molecular weight excluding hydrogens is 377 g/mol. The van der Waals surface area contributed by atoms with Gasteiger partial charge in [0.25, 0.3) is 5.69 Å². The van der Waals surface area contributed by atoms with Crippen LogP contribution >= 0.6 is 11.8 Å². The highest BCUT2D eigenvalue weighted by atomic mass is 32.2. The third kappa shape index (κ3) is 5.33. The maximum Gasteiger partial charge on any atom is 0.345 e. The number of esters is 1. The molecule has 0 spiro atoms. The molecule has 144 valence electrons. The number of carbonyl (C=O) groups excluding carboxylic acids is 1. The summed E-state index contributed by atoms with van der Waals surface area (Å²) in [6, 6.07) is 8.58. The molecule has 0 saturated carbocycles. The van der Waals surface area contributed by atoms with Crippen molar-refractivity contribution in [3.8, 4) is 11.5 Å². The van der Waals surface area contributed by atoms with Crippen molar-refractivity contribution in [3.63, 3.8) is 0 Å². The lowest BCUT2D eigenvalue weighted by Crippen LogP contribution is -2.11. The summed E-state index contributed by atoms with van der Waals surface area (Å²) in [5.74, 6) is -0.569. The van der Waals surface area contributed by atoms with Gasteiger partial charge in [0, 0.05) is 16.7 Å². The molecule has 0 fully saturated rings. The number of hydrogen-bond donors (Lipinski definition) is 0. The van der Waals surface area contributed by atoms with E-state index in [1.807, 2.05) is 0 Å². The van der Waals surface area contributed by atoms with E-state index in [0.29, 0.717) is 10.6 Å². The fourth-order valence-electron chi connectivity index (χ4n) is 2.22. The molecule has 0 atom stereocenters. The fourth-order valence-corrected chi connectivity index (χ4v) is 2.98. The van der Waals surface area contributed by atoms with E-state index in [0.717, 1.165) is 6.07 Å². The Morgan fingerprint density at radius 1 is 1.26 bits per heavy atom. The third-order valence-electron chi connectivity index (χ3n) is 3.41. The first-order valence-electron chi connectivity index (χ1n) is 8.01. The molecule has 2 aromatic carbocycles. The van der Waals surface area contributed by atoms with E-state index in [1.54, 1.807) is 25.1 Å². The number of rotatable bonds is 9. The number of nitrogens with zero attached hydrogens (tertiary/aromatic N) is 1. The summed E-state index contributed by atoms with van der Waals surface area (Å²) in [7, 11) is 1.36. The Balaban J connectivity index is 2.08. The molecule has 0 radical (unpaired) electrons. The Bertz CT molecular complexity index is 829. The molecule has 7 nitrogen and oxygen atoms in total. The van der Waals surface area contributed by atoms with Crippen molar-refractivity contribution in [2.45, 2.75) is 11.8 Å². The number of methoxy groups -OCH3 is 1. The quantitative estimate of drug-likeness (QED) is 0.208. The minimum atomic E-state index is -0.864. The summed E-state index contributed by atoms with van der Waals surface area (Å²) in [6.07, 6.45) is 0. The minimum Gasteiger partial charge on any atom is -0.493 e. The maximum atomic E-state index is 13.5. The molecule has 2 aromatic rings. The number of ether oxygens (including phenoxy) is 3. The van der Waals surface area contributed by atoms with E-state index in [-0.39, 0.29) is 36.1 Å². The molecule has 0 saturated heterocycles. The summed E-state index contributed by atoms with van der Waals surface area (Å²) in [4.78, 5) is 23.3. The van der Waals surface area contributed by atoms with Gasteiger partial charge in [-0.25, -0.2) is 9.18 Å². The lowest BCUT2D eigenvalue weighted by Gasteiger charge is -2.11. The Morgan fingerprint density at radius 2 is 2.00 bits per heavy atom. The highest BCUT2D eigenvalue weighted by Crippen LogP contribution is 2.35. The Morgan fingerprint density at radius 3 is 2.63 bits per heavy atom. The molecule has 0 aromatic heterocycles. The van der Waals surface area contributed by atoms with Crippen LogP contribution in [0.25, 0.3) is 0 Å². The molecule has 0 bridgehead atoms. The lowest BCUT2D eigenvalue weighted by molar-refractivity contribution is -0.385. The Labute approximate surface area is 159 Å². The monoisotopic (exact) mass is 395 g/mol. The van der Waals surface area contributed by atoms with Gasteiger partial charge in [0.15, 0.2) is 11.5 Å². The van der Waals surface area contributed by atoms with Crippen LogP contribution in [0.15, 0.2) is 41.3 Å². The van der Waals surface area contributed by atoms with Crippen molar-refractivity contribution < 1.29 is 28.3 Å². The molecule has 0 amide bonds. The second-order valence-corrected chi connectivity index (χ2v) is 6.26. The van der Waals surface area contributed by atoms with Gasteiger partial charge in [0.05, 0.1) is 24.7 Å². The topological polar surface area (TPSA) is 87.9 Å². The van der Waals surface area contributed by atoms with Gasteiger partial charge >= 0.3 is 5.97 Å². The fraction of sp³-hybridized carbons (Fsp3) is 0.278. The molecule has 9 heteroatoms. The van der Waals surface area contributed by atoms with Crippen molar-refractivity contribution in [3.05, 3.63) is 57.9 Å². The van der Waals surface area contributed by atoms with Crippen LogP contribution in [0.1, 0.15) is 17.3 Å². The first-order valence-corrected chi connectivity index (χ1v) is 9.00. The summed E-state index contributed by atoms with van der Waals surface area (Å²) < 4.78 is 29.0. The number of carbonyl (C=O) groups is 1. The molecule has 0 unspecified atom stereocenters. The van der Waals surface area contributed by atoms with Crippen molar-refractivity contribution >= 4 is 23.4 Å². The van der Waals surface area contributed by atoms with Gasteiger partial charge in [-0.15, -0.1) is 11.8 Å². The number of halogens is 1. The van der Waals surface area contributed by atoms with Crippen LogP contribution in [-0.2, 0) is 4.74 Å². The summed E-state index contributed by atoms with van der Waals surface area (Å²) in [6.45, 7) is 1.97. The molecule has 2 rings (SSSR count). The number of benzene rings is 2. The van der Waals surface area contributed by atoms with Crippen LogP contribution in [0.3, 0.4) is 0 Å². The molecule has 27 heavy (non-hydrogen) atoms. The van der Waals surface area contributed by atoms with Gasteiger partial charge in [0.2, 0.25) is 0 Å². The first kappa shape index (κ1) is 20.5. The van der Waals surface area contributed by atoms with E-state index in [2.05, 4.69) is 0 Å². The van der Waals surface area contributed by atoms with E-state index >= 15 is 0 Å². The van der Waals surface area contributed by atoms with Crippen LogP contribution in [0, 0.1) is 15.9 Å². The number of nitro benzene ring substituents is 1. The maximum absolute atomic E-state index is 13.5. The molecule has 0 aliphatic rings. The Hall–Kier alpha value is -2.81. The molecular formula is C18H18FNO6S. The minimum absolute atomic E-state index is 0.0372. The Kier molecular flexibility index (Phi) is 7.42. The second-order valence-electron chi connectivity index (χ2n) is 5.13.